The van der Waals surface area contributed by atoms with Gasteiger partial charge in [-0.25, -0.2) is 4.79 Å². The molecule has 0 radical (unpaired) electrons. The van der Waals surface area contributed by atoms with Crippen LogP contribution in [0, 0.1) is 6.92 Å². The van der Waals surface area contributed by atoms with Crippen LogP contribution >= 0.6 is 0 Å². The van der Waals surface area contributed by atoms with Crippen LogP contribution in [0.4, 0.5) is 5.95 Å². The van der Waals surface area contributed by atoms with E-state index in [1.165, 1.54) is 4.52 Å². The van der Waals surface area contributed by atoms with Crippen molar-refractivity contribution in [3.63, 3.8) is 0 Å². The number of rotatable bonds is 0. The number of nitrogens with one attached hydrogen (secondary N) is 1. The van der Waals surface area contributed by atoms with Gasteiger partial charge >= 0.3 is 5.69 Å². The van der Waals surface area contributed by atoms with Gasteiger partial charge in [0.1, 0.15) is 0 Å². The van der Waals surface area contributed by atoms with Gasteiger partial charge in [0.2, 0.25) is 5.95 Å². The van der Waals surface area contributed by atoms with Crippen molar-refractivity contribution < 1.29 is 0 Å². The molecule has 3 N–H and O–H groups in total. The van der Waals surface area contributed by atoms with E-state index in [9.17, 15) is 4.79 Å². The number of nitrogen functional groups attached to an aromatic ring is 1. The molecule has 0 spiro atoms. The quantitative estimate of drug-likeness (QED) is 0.634. The molecule has 0 aromatic carbocycles. The van der Waals surface area contributed by atoms with Crippen LogP contribution in [0.2, 0.25) is 0 Å². The van der Waals surface area contributed by atoms with Gasteiger partial charge in [-0.1, -0.05) is 13.8 Å². The molecule has 0 atom stereocenters. The van der Waals surface area contributed by atoms with Crippen LogP contribution in [0.3, 0.4) is 0 Å². The molecule has 76 valence electrons. The second kappa shape index (κ2) is 3.91. The fraction of sp³-hybridized carbons (Fsp3) is 0.375. The van der Waals surface area contributed by atoms with E-state index >= 15 is 0 Å². The summed E-state index contributed by atoms with van der Waals surface area (Å²) in [7, 11) is 0. The zero-order chi connectivity index (χ0) is 10.7. The summed E-state index contributed by atoms with van der Waals surface area (Å²) >= 11 is 0. The zero-order valence-corrected chi connectivity index (χ0v) is 8.40. The molecular formula is C8H13N5O. The van der Waals surface area contributed by atoms with E-state index in [-0.39, 0.29) is 11.6 Å². The van der Waals surface area contributed by atoms with E-state index in [2.05, 4.69) is 15.1 Å². The van der Waals surface area contributed by atoms with Gasteiger partial charge in [-0.3, -0.25) is 4.98 Å². The van der Waals surface area contributed by atoms with Gasteiger partial charge < -0.3 is 5.73 Å². The second-order valence-electron chi connectivity index (χ2n) is 2.49. The van der Waals surface area contributed by atoms with Gasteiger partial charge in [0.05, 0.1) is 6.20 Å². The van der Waals surface area contributed by atoms with E-state index in [0.29, 0.717) is 5.65 Å². The lowest BCUT2D eigenvalue weighted by Gasteiger charge is -1.93. The maximum Gasteiger partial charge on any atom is 0.350 e. The fourth-order valence-corrected chi connectivity index (χ4v) is 1.01. The topological polar surface area (TPSA) is 89.1 Å². The Morgan fingerprint density at radius 3 is 2.79 bits per heavy atom. The third kappa shape index (κ3) is 1.59. The highest BCUT2D eigenvalue weighted by atomic mass is 16.1. The summed E-state index contributed by atoms with van der Waals surface area (Å²) < 4.78 is 1.17. The molecule has 0 unspecified atom stereocenters. The summed E-state index contributed by atoms with van der Waals surface area (Å²) in [5.41, 5.74) is 6.30. The molecule has 14 heavy (non-hydrogen) atoms. The summed E-state index contributed by atoms with van der Waals surface area (Å²) in [6, 6.07) is 0. The molecule has 2 aromatic rings. The Hall–Kier alpha value is -1.85. The van der Waals surface area contributed by atoms with Gasteiger partial charge in [0.15, 0.2) is 5.65 Å². The minimum absolute atomic E-state index is 0.108. The molecule has 0 aliphatic carbocycles. The van der Waals surface area contributed by atoms with Gasteiger partial charge in [-0.2, -0.15) is 14.6 Å². The van der Waals surface area contributed by atoms with Crippen LogP contribution in [0.25, 0.3) is 5.65 Å². The number of anilines is 1. The van der Waals surface area contributed by atoms with Gasteiger partial charge in [0, 0.05) is 5.56 Å². The lowest BCUT2D eigenvalue weighted by molar-refractivity contribution is 0.846. The Morgan fingerprint density at radius 2 is 2.14 bits per heavy atom. The fourth-order valence-electron chi connectivity index (χ4n) is 1.01. The summed E-state index contributed by atoms with van der Waals surface area (Å²) in [6.07, 6.45) is 1.57. The van der Waals surface area contributed by atoms with Crippen molar-refractivity contribution in [3.05, 3.63) is 22.2 Å². The van der Waals surface area contributed by atoms with Crippen molar-refractivity contribution >= 4 is 11.6 Å². The first-order chi connectivity index (χ1) is 6.68. The summed E-state index contributed by atoms with van der Waals surface area (Å²) in [4.78, 5) is 17.4. The number of aryl methyl sites for hydroxylation is 1. The van der Waals surface area contributed by atoms with Crippen molar-refractivity contribution in [1.29, 1.82) is 0 Å². The molecular weight excluding hydrogens is 182 g/mol. The number of aromatic amines is 1. The zero-order valence-electron chi connectivity index (χ0n) is 8.40. The lowest BCUT2D eigenvalue weighted by Crippen LogP contribution is -2.20. The highest BCUT2D eigenvalue weighted by Gasteiger charge is 2.04. The Balaban J connectivity index is 0.000000461. The van der Waals surface area contributed by atoms with Gasteiger partial charge in [-0.05, 0) is 6.92 Å². The third-order valence-corrected chi connectivity index (χ3v) is 1.57. The number of fused-ring (bicyclic) bond motifs is 1. The first-order valence-electron chi connectivity index (χ1n) is 4.38. The number of aromatic nitrogens is 4. The molecule has 0 saturated heterocycles. The van der Waals surface area contributed by atoms with Crippen LogP contribution < -0.4 is 11.4 Å². The third-order valence-electron chi connectivity index (χ3n) is 1.57. The molecule has 0 aliphatic rings. The second-order valence-corrected chi connectivity index (χ2v) is 2.49. The van der Waals surface area contributed by atoms with Crippen molar-refractivity contribution in [2.75, 3.05) is 5.73 Å². The predicted octanol–water partition coefficient (Wildman–Crippen LogP) is 0.334. The number of hydrogen-bond acceptors (Lipinski definition) is 4. The highest BCUT2D eigenvalue weighted by Crippen LogP contribution is 2.02. The molecule has 2 heterocycles. The monoisotopic (exact) mass is 195 g/mol. The minimum atomic E-state index is -0.370. The van der Waals surface area contributed by atoms with Crippen molar-refractivity contribution in [3.8, 4) is 0 Å². The first kappa shape index (κ1) is 10.2. The van der Waals surface area contributed by atoms with Crippen LogP contribution in [0.1, 0.15) is 19.4 Å². The molecule has 0 amide bonds. The van der Waals surface area contributed by atoms with E-state index in [1.54, 1.807) is 6.20 Å². The Bertz CT molecular complexity index is 484. The SMILES string of the molecule is CC.Cc1cnn2c(=O)[nH]c(N)nc12. The standard InChI is InChI=1S/C6H7N5O.C2H6/c1-3-2-8-11-4(3)9-5(7)10-6(11)12;1-2/h2H,1H3,(H3,7,9,10,12);1-2H3. The molecule has 0 aliphatic heterocycles. The minimum Gasteiger partial charge on any atom is -0.369 e. The van der Waals surface area contributed by atoms with Gasteiger partial charge in [-0.15, -0.1) is 0 Å². The molecule has 0 bridgehead atoms. The summed E-state index contributed by atoms with van der Waals surface area (Å²) in [5.74, 6) is 0.108. The van der Waals surface area contributed by atoms with E-state index in [4.69, 9.17) is 5.73 Å². The van der Waals surface area contributed by atoms with E-state index in [0.717, 1.165) is 5.56 Å². The predicted molar refractivity (Wildman–Crippen MR) is 54.1 cm³/mol. The van der Waals surface area contributed by atoms with Crippen molar-refractivity contribution in [1.82, 2.24) is 19.6 Å². The van der Waals surface area contributed by atoms with Crippen LogP contribution in [0.5, 0.6) is 0 Å². The largest absolute Gasteiger partial charge is 0.369 e. The molecule has 2 aromatic heterocycles. The summed E-state index contributed by atoms with van der Waals surface area (Å²) in [5, 5.41) is 3.81. The lowest BCUT2D eigenvalue weighted by atomic mass is 10.4. The molecule has 6 nitrogen and oxygen atoms in total. The van der Waals surface area contributed by atoms with E-state index < -0.39 is 0 Å². The Labute approximate surface area is 80.8 Å². The van der Waals surface area contributed by atoms with Gasteiger partial charge in [0.25, 0.3) is 0 Å². The average molecular weight is 195 g/mol. The number of hydrogen-bond donors (Lipinski definition) is 2. The summed E-state index contributed by atoms with van der Waals surface area (Å²) in [6.45, 7) is 5.81. The maximum absolute atomic E-state index is 11.1. The molecule has 0 fully saturated rings. The maximum atomic E-state index is 11.1. The van der Waals surface area contributed by atoms with Crippen molar-refractivity contribution in [2.45, 2.75) is 20.8 Å². The number of nitrogens with two attached hydrogens (primary N) is 1. The van der Waals surface area contributed by atoms with E-state index in [1.807, 2.05) is 20.8 Å². The van der Waals surface area contributed by atoms with Crippen LogP contribution in [-0.4, -0.2) is 19.6 Å². The Morgan fingerprint density at radius 1 is 1.50 bits per heavy atom. The Kier molecular flexibility index (Phi) is 2.85. The van der Waals surface area contributed by atoms with Crippen molar-refractivity contribution in [2.24, 2.45) is 0 Å². The molecule has 0 saturated carbocycles. The number of nitrogens with zero attached hydrogens (tertiary/aromatic N) is 3. The smallest absolute Gasteiger partial charge is 0.350 e. The normalized spacial score (nSPS) is 9.64. The number of H-pyrrole nitrogens is 1. The molecule has 2 rings (SSSR count). The first-order valence-corrected chi connectivity index (χ1v) is 4.38. The molecule has 6 heteroatoms. The van der Waals surface area contributed by atoms with Crippen LogP contribution in [-0.2, 0) is 0 Å². The van der Waals surface area contributed by atoms with Crippen LogP contribution in [0.15, 0.2) is 11.0 Å². The average Bonchev–Trinajstić information content (AvgIpc) is 2.52. The highest BCUT2D eigenvalue weighted by molar-refractivity contribution is 5.46.